The molecule has 3 aromatic rings. The highest BCUT2D eigenvalue weighted by atomic mass is 79.9. The second kappa shape index (κ2) is 7.09. The highest BCUT2D eigenvalue weighted by Crippen LogP contribution is 2.34. The fourth-order valence-electron chi connectivity index (χ4n) is 2.40. The molecule has 0 saturated carbocycles. The van der Waals surface area contributed by atoms with Crippen molar-refractivity contribution in [1.82, 2.24) is 9.78 Å². The van der Waals surface area contributed by atoms with Crippen molar-refractivity contribution in [3.8, 4) is 17.2 Å². The van der Waals surface area contributed by atoms with E-state index in [1.54, 1.807) is 35.1 Å². The van der Waals surface area contributed by atoms with Gasteiger partial charge in [0.15, 0.2) is 23.9 Å². The monoisotopic (exact) mass is 415 g/mol. The van der Waals surface area contributed by atoms with Crippen LogP contribution in [-0.2, 0) is 6.73 Å². The summed E-state index contributed by atoms with van der Waals surface area (Å²) in [7, 11) is 0. The van der Waals surface area contributed by atoms with Crippen LogP contribution in [0, 0.1) is 0 Å². The normalized spacial score (nSPS) is 12.0. The van der Waals surface area contributed by atoms with Gasteiger partial charge in [0.25, 0.3) is 5.91 Å². The number of fused-ring (bicyclic) bond motifs is 1. The molecule has 0 aliphatic carbocycles. The minimum atomic E-state index is -0.314. The molecule has 0 bridgehead atoms. The second-order valence-corrected chi connectivity index (χ2v) is 6.41. The number of carbonyl (C=O) groups excluding carboxylic acids is 1. The van der Waals surface area contributed by atoms with Crippen molar-refractivity contribution in [3.63, 3.8) is 0 Å². The van der Waals surface area contributed by atoms with Crippen LogP contribution in [0.2, 0.25) is 0 Å². The van der Waals surface area contributed by atoms with Crippen LogP contribution in [-0.4, -0.2) is 22.5 Å². The van der Waals surface area contributed by atoms with Gasteiger partial charge in [-0.15, -0.1) is 0 Å². The third-order valence-electron chi connectivity index (χ3n) is 3.68. The largest absolute Gasteiger partial charge is 0.471 e. The first-order valence-electron chi connectivity index (χ1n) is 7.80. The van der Waals surface area contributed by atoms with Gasteiger partial charge in [0.2, 0.25) is 6.79 Å². The number of hydrogen-bond acceptors (Lipinski definition) is 5. The van der Waals surface area contributed by atoms with E-state index in [0.29, 0.717) is 22.9 Å². The van der Waals surface area contributed by atoms with E-state index in [-0.39, 0.29) is 19.4 Å². The first kappa shape index (κ1) is 16.5. The van der Waals surface area contributed by atoms with Gasteiger partial charge in [0.05, 0.1) is 0 Å². The lowest BCUT2D eigenvalue weighted by molar-refractivity contribution is 0.102. The molecule has 7 nitrogen and oxygen atoms in total. The summed E-state index contributed by atoms with van der Waals surface area (Å²) < 4.78 is 18.7. The lowest BCUT2D eigenvalue weighted by atomic mass is 10.2. The third kappa shape index (κ3) is 3.65. The molecular weight excluding hydrogens is 402 g/mol. The topological polar surface area (TPSA) is 74.6 Å². The van der Waals surface area contributed by atoms with Gasteiger partial charge in [-0.3, -0.25) is 4.79 Å². The zero-order valence-electron chi connectivity index (χ0n) is 13.5. The minimum Gasteiger partial charge on any atom is -0.471 e. The molecule has 1 aromatic heterocycles. The quantitative estimate of drug-likeness (QED) is 0.687. The molecule has 2 aromatic carbocycles. The summed E-state index contributed by atoms with van der Waals surface area (Å²) in [5.41, 5.74) is 0.905. The Bertz CT molecular complexity index is 940. The highest BCUT2D eigenvalue weighted by Gasteiger charge is 2.15. The number of rotatable bonds is 5. The summed E-state index contributed by atoms with van der Waals surface area (Å²) in [5.74, 6) is 1.68. The molecule has 0 atom stereocenters. The molecule has 1 amide bonds. The SMILES string of the molecule is O=C(Nc1ccc2c(c1)OCO2)c1ccn(COc2ccc(Br)cc2)n1. The van der Waals surface area contributed by atoms with Gasteiger partial charge in [-0.05, 0) is 42.5 Å². The Morgan fingerprint density at radius 1 is 1.15 bits per heavy atom. The third-order valence-corrected chi connectivity index (χ3v) is 4.21. The van der Waals surface area contributed by atoms with Crippen LogP contribution >= 0.6 is 15.9 Å². The smallest absolute Gasteiger partial charge is 0.276 e. The molecule has 2 heterocycles. The molecule has 8 heteroatoms. The van der Waals surface area contributed by atoms with Crippen molar-refractivity contribution in [2.45, 2.75) is 6.73 Å². The zero-order chi connectivity index (χ0) is 17.9. The predicted octanol–water partition coefficient (Wildman–Crippen LogP) is 3.66. The van der Waals surface area contributed by atoms with Crippen LogP contribution in [0.1, 0.15) is 10.5 Å². The van der Waals surface area contributed by atoms with E-state index in [9.17, 15) is 4.79 Å². The summed E-state index contributed by atoms with van der Waals surface area (Å²) in [6, 6.07) is 14.3. The maximum absolute atomic E-state index is 12.3. The minimum absolute atomic E-state index is 0.190. The lowest BCUT2D eigenvalue weighted by Crippen LogP contribution is -2.14. The average molecular weight is 416 g/mol. The number of hydrogen-bond donors (Lipinski definition) is 1. The molecule has 4 rings (SSSR count). The maximum atomic E-state index is 12.3. The molecule has 0 spiro atoms. The lowest BCUT2D eigenvalue weighted by Gasteiger charge is -2.06. The van der Waals surface area contributed by atoms with Gasteiger partial charge in [0, 0.05) is 22.4 Å². The van der Waals surface area contributed by atoms with Crippen LogP contribution in [0.4, 0.5) is 5.69 Å². The number of amides is 1. The zero-order valence-corrected chi connectivity index (χ0v) is 15.1. The second-order valence-electron chi connectivity index (χ2n) is 5.49. The Balaban J connectivity index is 1.37. The predicted molar refractivity (Wildman–Crippen MR) is 97.5 cm³/mol. The standard InChI is InChI=1S/C18H14BrN3O4/c19-12-1-4-14(5-2-12)24-10-22-8-7-15(21-22)18(23)20-13-3-6-16-17(9-13)26-11-25-16/h1-9H,10-11H2,(H,20,23). The molecule has 26 heavy (non-hydrogen) atoms. The Labute approximate surface area is 157 Å². The number of nitrogens with one attached hydrogen (secondary N) is 1. The molecule has 1 aliphatic heterocycles. The Kier molecular flexibility index (Phi) is 4.49. The van der Waals surface area contributed by atoms with Gasteiger partial charge < -0.3 is 19.5 Å². The van der Waals surface area contributed by atoms with Gasteiger partial charge in [0.1, 0.15) is 5.75 Å². The average Bonchev–Trinajstić information content (AvgIpc) is 3.30. The van der Waals surface area contributed by atoms with E-state index in [2.05, 4.69) is 26.3 Å². The summed E-state index contributed by atoms with van der Waals surface area (Å²) >= 11 is 3.37. The van der Waals surface area contributed by atoms with Crippen molar-refractivity contribution in [2.24, 2.45) is 0 Å². The van der Waals surface area contributed by atoms with Gasteiger partial charge in [-0.25, -0.2) is 4.68 Å². The first-order chi connectivity index (χ1) is 12.7. The Morgan fingerprint density at radius 3 is 2.81 bits per heavy atom. The van der Waals surface area contributed by atoms with Crippen LogP contribution in [0.15, 0.2) is 59.2 Å². The van der Waals surface area contributed by atoms with Crippen molar-refractivity contribution in [3.05, 3.63) is 64.9 Å². The molecule has 132 valence electrons. The molecule has 0 saturated heterocycles. The van der Waals surface area contributed by atoms with Gasteiger partial charge in [-0.1, -0.05) is 15.9 Å². The van der Waals surface area contributed by atoms with Crippen LogP contribution in [0.5, 0.6) is 17.2 Å². The first-order valence-corrected chi connectivity index (χ1v) is 8.59. The van der Waals surface area contributed by atoms with E-state index in [0.717, 1.165) is 10.2 Å². The number of benzene rings is 2. The fourth-order valence-corrected chi connectivity index (χ4v) is 2.66. The maximum Gasteiger partial charge on any atom is 0.276 e. The van der Waals surface area contributed by atoms with Gasteiger partial charge >= 0.3 is 0 Å². The van der Waals surface area contributed by atoms with E-state index < -0.39 is 0 Å². The summed E-state index contributed by atoms with van der Waals surface area (Å²) in [4.78, 5) is 12.3. The molecular formula is C18H14BrN3O4. The Hall–Kier alpha value is -3.00. The van der Waals surface area contributed by atoms with Crippen molar-refractivity contribution in [2.75, 3.05) is 12.1 Å². The number of ether oxygens (including phenoxy) is 3. The number of anilines is 1. The molecule has 0 radical (unpaired) electrons. The van der Waals surface area contributed by atoms with Gasteiger partial charge in [-0.2, -0.15) is 5.10 Å². The van der Waals surface area contributed by atoms with Crippen LogP contribution in [0.3, 0.4) is 0 Å². The number of nitrogens with zero attached hydrogens (tertiary/aromatic N) is 2. The number of carbonyl (C=O) groups is 1. The summed E-state index contributed by atoms with van der Waals surface area (Å²) in [5, 5.41) is 7.01. The number of halogens is 1. The molecule has 0 fully saturated rings. The molecule has 1 N–H and O–H groups in total. The molecule has 1 aliphatic rings. The number of aromatic nitrogens is 2. The molecule has 0 unspecified atom stereocenters. The fraction of sp³-hybridized carbons (Fsp3) is 0.111. The van der Waals surface area contributed by atoms with E-state index >= 15 is 0 Å². The van der Waals surface area contributed by atoms with E-state index in [1.807, 2.05) is 24.3 Å². The van der Waals surface area contributed by atoms with Crippen LogP contribution < -0.4 is 19.5 Å². The Morgan fingerprint density at radius 2 is 1.96 bits per heavy atom. The van der Waals surface area contributed by atoms with E-state index in [1.165, 1.54) is 0 Å². The summed E-state index contributed by atoms with van der Waals surface area (Å²) in [6.07, 6.45) is 1.69. The highest BCUT2D eigenvalue weighted by molar-refractivity contribution is 9.10. The summed E-state index contributed by atoms with van der Waals surface area (Å²) in [6.45, 7) is 0.397. The van der Waals surface area contributed by atoms with Crippen molar-refractivity contribution >= 4 is 27.5 Å². The van der Waals surface area contributed by atoms with Crippen LogP contribution in [0.25, 0.3) is 0 Å². The van der Waals surface area contributed by atoms with E-state index in [4.69, 9.17) is 14.2 Å². The van der Waals surface area contributed by atoms with Crippen molar-refractivity contribution < 1.29 is 19.0 Å². The van der Waals surface area contributed by atoms with Crippen molar-refractivity contribution in [1.29, 1.82) is 0 Å².